The van der Waals surface area contributed by atoms with Gasteiger partial charge >= 0.3 is 0 Å². The minimum absolute atomic E-state index is 0.139. The largest absolute Gasteiger partial charge is 0.472 e. The molecule has 1 fully saturated rings. The van der Waals surface area contributed by atoms with Crippen LogP contribution in [-0.4, -0.2) is 29.7 Å². The summed E-state index contributed by atoms with van der Waals surface area (Å²) in [5.41, 5.74) is 1.55. The van der Waals surface area contributed by atoms with Crippen molar-refractivity contribution in [2.45, 2.75) is 52.7 Å². The second-order valence-electron chi connectivity index (χ2n) is 7.53. The average molecular weight is 279 g/mol. The van der Waals surface area contributed by atoms with Gasteiger partial charge in [0.1, 0.15) is 0 Å². The lowest BCUT2D eigenvalue weighted by atomic mass is 9.68. The molecule has 114 valence electrons. The summed E-state index contributed by atoms with van der Waals surface area (Å²) in [5, 5.41) is 10.3. The quantitative estimate of drug-likeness (QED) is 0.916. The Balaban J connectivity index is 1.89. The van der Waals surface area contributed by atoms with E-state index in [9.17, 15) is 5.11 Å². The van der Waals surface area contributed by atoms with Gasteiger partial charge in [0.25, 0.3) is 0 Å². The molecule has 1 aliphatic rings. The predicted molar refractivity (Wildman–Crippen MR) is 81.3 cm³/mol. The van der Waals surface area contributed by atoms with Crippen molar-refractivity contribution in [3.8, 4) is 0 Å². The summed E-state index contributed by atoms with van der Waals surface area (Å²) < 4.78 is 5.11. The van der Waals surface area contributed by atoms with E-state index >= 15 is 0 Å². The molecule has 1 N–H and O–H groups in total. The van der Waals surface area contributed by atoms with Gasteiger partial charge in [0.15, 0.2) is 0 Å². The topological polar surface area (TPSA) is 36.6 Å². The van der Waals surface area contributed by atoms with Gasteiger partial charge < -0.3 is 14.4 Å². The molecule has 3 unspecified atom stereocenters. The normalized spacial score (nSPS) is 28.0. The number of furan rings is 1. The van der Waals surface area contributed by atoms with Crippen molar-refractivity contribution >= 4 is 0 Å². The molecule has 3 nitrogen and oxygen atoms in total. The maximum absolute atomic E-state index is 10.3. The molecule has 0 amide bonds. The van der Waals surface area contributed by atoms with Gasteiger partial charge in [-0.05, 0) is 49.6 Å². The van der Waals surface area contributed by atoms with Crippen LogP contribution in [0.15, 0.2) is 23.0 Å². The Kier molecular flexibility index (Phi) is 4.92. The van der Waals surface area contributed by atoms with E-state index in [0.717, 1.165) is 38.3 Å². The molecule has 0 spiro atoms. The predicted octanol–water partition coefficient (Wildman–Crippen LogP) is 3.53. The van der Waals surface area contributed by atoms with Crippen LogP contribution in [0, 0.1) is 17.3 Å². The highest BCUT2D eigenvalue weighted by atomic mass is 16.3. The average Bonchev–Trinajstić information content (AvgIpc) is 2.83. The van der Waals surface area contributed by atoms with Gasteiger partial charge in [-0.1, -0.05) is 20.8 Å². The van der Waals surface area contributed by atoms with E-state index in [-0.39, 0.29) is 6.10 Å². The van der Waals surface area contributed by atoms with Crippen molar-refractivity contribution in [2.75, 3.05) is 13.6 Å². The first-order valence-electron chi connectivity index (χ1n) is 7.74. The zero-order valence-electron chi connectivity index (χ0n) is 13.3. The van der Waals surface area contributed by atoms with Crippen LogP contribution in [0.5, 0.6) is 0 Å². The van der Waals surface area contributed by atoms with Crippen LogP contribution in [0.1, 0.15) is 45.6 Å². The lowest BCUT2D eigenvalue weighted by molar-refractivity contribution is 0.00558. The summed E-state index contributed by atoms with van der Waals surface area (Å²) in [7, 11) is 2.13. The first-order chi connectivity index (χ1) is 9.36. The fourth-order valence-corrected chi connectivity index (χ4v) is 3.39. The van der Waals surface area contributed by atoms with Gasteiger partial charge in [-0.3, -0.25) is 0 Å². The number of nitrogens with zero attached hydrogens (tertiary/aromatic N) is 1. The van der Waals surface area contributed by atoms with Crippen LogP contribution in [-0.2, 0) is 6.54 Å². The highest BCUT2D eigenvalue weighted by molar-refractivity contribution is 5.04. The molecule has 1 aliphatic carbocycles. The third-order valence-corrected chi connectivity index (χ3v) is 4.75. The van der Waals surface area contributed by atoms with Crippen LogP contribution < -0.4 is 0 Å². The SMILES string of the molecule is CN(Cc1ccoc1)CC1CC(C(C)(C)C)CCC1O. The molecule has 1 aromatic heterocycles. The van der Waals surface area contributed by atoms with Crippen molar-refractivity contribution in [3.63, 3.8) is 0 Å². The number of hydrogen-bond acceptors (Lipinski definition) is 3. The van der Waals surface area contributed by atoms with Crippen molar-refractivity contribution in [1.82, 2.24) is 4.90 Å². The van der Waals surface area contributed by atoms with Crippen LogP contribution >= 0.6 is 0 Å². The Labute approximate surface area is 123 Å². The molecule has 1 saturated carbocycles. The Hall–Kier alpha value is -0.800. The van der Waals surface area contributed by atoms with Gasteiger partial charge in [0.05, 0.1) is 18.6 Å². The van der Waals surface area contributed by atoms with Crippen molar-refractivity contribution < 1.29 is 9.52 Å². The van der Waals surface area contributed by atoms with Crippen LogP contribution in [0.4, 0.5) is 0 Å². The maximum Gasteiger partial charge on any atom is 0.0947 e. The number of hydrogen-bond donors (Lipinski definition) is 1. The molecule has 20 heavy (non-hydrogen) atoms. The molecule has 0 saturated heterocycles. The smallest absolute Gasteiger partial charge is 0.0947 e. The van der Waals surface area contributed by atoms with Crippen molar-refractivity contribution in [3.05, 3.63) is 24.2 Å². The monoisotopic (exact) mass is 279 g/mol. The van der Waals surface area contributed by atoms with E-state index in [1.54, 1.807) is 12.5 Å². The fraction of sp³-hybridized carbons (Fsp3) is 0.765. The fourth-order valence-electron chi connectivity index (χ4n) is 3.39. The van der Waals surface area contributed by atoms with E-state index < -0.39 is 0 Å². The second kappa shape index (κ2) is 6.31. The minimum atomic E-state index is -0.139. The Bertz CT molecular complexity index is 394. The summed E-state index contributed by atoms with van der Waals surface area (Å²) >= 11 is 0. The van der Waals surface area contributed by atoms with Crippen molar-refractivity contribution in [2.24, 2.45) is 17.3 Å². The standard InChI is InChI=1S/C17H29NO2/c1-17(2,3)15-5-6-16(19)14(9-15)11-18(4)10-13-7-8-20-12-13/h7-8,12,14-16,19H,5-6,9-11H2,1-4H3. The summed E-state index contributed by atoms with van der Waals surface area (Å²) in [6.45, 7) is 8.81. The maximum atomic E-state index is 10.3. The molecule has 0 radical (unpaired) electrons. The molecule has 0 aromatic carbocycles. The Morgan fingerprint density at radius 1 is 1.35 bits per heavy atom. The van der Waals surface area contributed by atoms with E-state index in [2.05, 4.69) is 32.7 Å². The third-order valence-electron chi connectivity index (χ3n) is 4.75. The summed E-state index contributed by atoms with van der Waals surface area (Å²) in [4.78, 5) is 2.30. The minimum Gasteiger partial charge on any atom is -0.472 e. The first kappa shape index (κ1) is 15.6. The van der Waals surface area contributed by atoms with E-state index in [4.69, 9.17) is 4.42 Å². The summed E-state index contributed by atoms with van der Waals surface area (Å²) in [6, 6.07) is 2.01. The van der Waals surface area contributed by atoms with Gasteiger partial charge in [-0.15, -0.1) is 0 Å². The first-order valence-corrected chi connectivity index (χ1v) is 7.74. The summed E-state index contributed by atoms with van der Waals surface area (Å²) in [5.74, 6) is 1.11. The lowest BCUT2D eigenvalue weighted by Crippen LogP contribution is -2.40. The lowest BCUT2D eigenvalue weighted by Gasteiger charge is -2.41. The molecular weight excluding hydrogens is 250 g/mol. The number of rotatable bonds is 4. The molecule has 3 atom stereocenters. The molecule has 1 aromatic rings. The zero-order chi connectivity index (χ0) is 14.8. The third kappa shape index (κ3) is 4.10. The molecule has 0 aliphatic heterocycles. The van der Waals surface area contributed by atoms with Gasteiger partial charge in [0, 0.05) is 18.7 Å². The van der Waals surface area contributed by atoms with Gasteiger partial charge in [-0.2, -0.15) is 0 Å². The Morgan fingerprint density at radius 3 is 2.70 bits per heavy atom. The molecular formula is C17H29NO2. The Morgan fingerprint density at radius 2 is 2.10 bits per heavy atom. The highest BCUT2D eigenvalue weighted by Gasteiger charge is 2.35. The summed E-state index contributed by atoms with van der Waals surface area (Å²) in [6.07, 6.45) is 6.62. The van der Waals surface area contributed by atoms with E-state index in [1.165, 1.54) is 5.56 Å². The van der Waals surface area contributed by atoms with Crippen LogP contribution in [0.25, 0.3) is 0 Å². The van der Waals surface area contributed by atoms with Crippen LogP contribution in [0.3, 0.4) is 0 Å². The molecule has 3 heteroatoms. The molecule has 1 heterocycles. The molecule has 2 rings (SSSR count). The van der Waals surface area contributed by atoms with E-state index in [0.29, 0.717) is 11.3 Å². The zero-order valence-corrected chi connectivity index (χ0v) is 13.3. The van der Waals surface area contributed by atoms with Crippen LogP contribution in [0.2, 0.25) is 0 Å². The van der Waals surface area contributed by atoms with Gasteiger partial charge in [0.2, 0.25) is 0 Å². The highest BCUT2D eigenvalue weighted by Crippen LogP contribution is 2.40. The second-order valence-corrected chi connectivity index (χ2v) is 7.53. The number of aliphatic hydroxyl groups excluding tert-OH is 1. The van der Waals surface area contributed by atoms with Crippen molar-refractivity contribution in [1.29, 1.82) is 0 Å². The van der Waals surface area contributed by atoms with Gasteiger partial charge in [-0.25, -0.2) is 0 Å². The molecule has 0 bridgehead atoms. The number of aliphatic hydroxyl groups is 1. The van der Waals surface area contributed by atoms with E-state index in [1.807, 2.05) is 6.07 Å².